The number of fused-ring (bicyclic) bond motifs is 1. The first-order chi connectivity index (χ1) is 15.9. The molecule has 0 saturated carbocycles. The number of aromatic nitrogens is 1. The zero-order valence-corrected chi connectivity index (χ0v) is 18.3. The van der Waals surface area contributed by atoms with E-state index >= 15 is 0 Å². The fourth-order valence-corrected chi connectivity index (χ4v) is 4.20. The van der Waals surface area contributed by atoms with Crippen LogP contribution in [0.2, 0.25) is 0 Å². The van der Waals surface area contributed by atoms with Crippen molar-refractivity contribution in [2.75, 3.05) is 23.7 Å². The first kappa shape index (κ1) is 22.4. The number of amides is 5. The number of nitrogens with zero attached hydrogens (tertiary/aromatic N) is 3. The second-order valence-corrected chi connectivity index (χ2v) is 8.10. The summed E-state index contributed by atoms with van der Waals surface area (Å²) in [4.78, 5) is 57.2. The zero-order valence-electron chi connectivity index (χ0n) is 18.3. The number of imide groups is 1. The quantitative estimate of drug-likeness (QED) is 0.614. The summed E-state index contributed by atoms with van der Waals surface area (Å²) in [5, 5.41) is 8.65. The Balaban J connectivity index is 1.48. The van der Waals surface area contributed by atoms with Crippen LogP contribution in [0, 0.1) is 0 Å². The molecule has 10 heteroatoms. The van der Waals surface area contributed by atoms with Crippen LogP contribution in [-0.2, 0) is 20.9 Å². The summed E-state index contributed by atoms with van der Waals surface area (Å²) >= 11 is 0. The van der Waals surface area contributed by atoms with Crippen LogP contribution in [0.25, 0.3) is 0 Å². The minimum Gasteiger partial charge on any atom is -0.326 e. The van der Waals surface area contributed by atoms with Crippen LogP contribution in [0.4, 0.5) is 16.2 Å². The van der Waals surface area contributed by atoms with Gasteiger partial charge in [-0.3, -0.25) is 24.3 Å². The van der Waals surface area contributed by atoms with E-state index in [-0.39, 0.29) is 36.9 Å². The van der Waals surface area contributed by atoms with Gasteiger partial charge in [0.1, 0.15) is 12.6 Å². The van der Waals surface area contributed by atoms with Gasteiger partial charge in [0.05, 0.1) is 18.3 Å². The van der Waals surface area contributed by atoms with Crippen molar-refractivity contribution in [2.45, 2.75) is 38.4 Å². The molecule has 2 saturated heterocycles. The molecule has 4 rings (SSSR count). The molecule has 5 amide bonds. The van der Waals surface area contributed by atoms with E-state index in [9.17, 15) is 19.2 Å². The van der Waals surface area contributed by atoms with Crippen LogP contribution in [0.15, 0.2) is 48.7 Å². The van der Waals surface area contributed by atoms with Gasteiger partial charge >= 0.3 is 6.03 Å². The third-order valence-electron chi connectivity index (χ3n) is 5.68. The Bertz CT molecular complexity index is 1040. The summed E-state index contributed by atoms with van der Waals surface area (Å²) in [6.07, 6.45) is 3.06. The van der Waals surface area contributed by atoms with Crippen LogP contribution in [0.3, 0.4) is 0 Å². The first-order valence-corrected chi connectivity index (χ1v) is 10.8. The van der Waals surface area contributed by atoms with Crippen molar-refractivity contribution in [1.82, 2.24) is 20.1 Å². The fraction of sp³-hybridized carbons (Fsp3) is 0.348. The third-order valence-corrected chi connectivity index (χ3v) is 5.68. The van der Waals surface area contributed by atoms with Crippen LogP contribution in [0.5, 0.6) is 0 Å². The highest BCUT2D eigenvalue weighted by Crippen LogP contribution is 2.26. The van der Waals surface area contributed by atoms with Gasteiger partial charge in [-0.1, -0.05) is 6.07 Å². The smallest absolute Gasteiger partial charge is 0.326 e. The number of anilines is 2. The number of carbonyl (C=O) groups excluding carboxylic acids is 4. The van der Waals surface area contributed by atoms with Crippen molar-refractivity contribution in [3.8, 4) is 0 Å². The lowest BCUT2D eigenvalue weighted by molar-refractivity contribution is -0.138. The summed E-state index contributed by atoms with van der Waals surface area (Å²) in [6, 6.07) is 10.6. The SMILES string of the molecule is CC(=O)Nc1ccc(NC(=O)CN2C(=O)N(Cc3ccccn3)C(=O)C3NCCCC32)cc1. The molecular formula is C23H26N6O4. The van der Waals surface area contributed by atoms with E-state index in [1.165, 1.54) is 11.8 Å². The third kappa shape index (κ3) is 5.17. The van der Waals surface area contributed by atoms with Crippen molar-refractivity contribution < 1.29 is 19.2 Å². The average molecular weight is 450 g/mol. The van der Waals surface area contributed by atoms with Crippen LogP contribution < -0.4 is 16.0 Å². The molecule has 33 heavy (non-hydrogen) atoms. The lowest BCUT2D eigenvalue weighted by atomic mass is 9.93. The molecule has 0 bridgehead atoms. The summed E-state index contributed by atoms with van der Waals surface area (Å²) in [7, 11) is 0. The Hall–Kier alpha value is -3.79. The normalized spacial score (nSPS) is 20.3. The summed E-state index contributed by atoms with van der Waals surface area (Å²) in [5.74, 6) is -0.844. The number of rotatable bonds is 6. The van der Waals surface area contributed by atoms with Crippen LogP contribution in [-0.4, -0.2) is 63.7 Å². The molecule has 2 aliphatic rings. The van der Waals surface area contributed by atoms with E-state index in [0.29, 0.717) is 30.0 Å². The highest BCUT2D eigenvalue weighted by molar-refractivity contribution is 6.03. The summed E-state index contributed by atoms with van der Waals surface area (Å²) < 4.78 is 0. The van der Waals surface area contributed by atoms with Crippen LogP contribution in [0.1, 0.15) is 25.5 Å². The van der Waals surface area contributed by atoms with Gasteiger partial charge in [-0.2, -0.15) is 0 Å². The maximum atomic E-state index is 13.3. The predicted octanol–water partition coefficient (Wildman–Crippen LogP) is 1.56. The van der Waals surface area contributed by atoms with Gasteiger partial charge in [-0.15, -0.1) is 0 Å². The summed E-state index contributed by atoms with van der Waals surface area (Å²) in [6.45, 7) is 1.97. The van der Waals surface area contributed by atoms with Crippen molar-refractivity contribution in [2.24, 2.45) is 0 Å². The molecule has 2 aliphatic heterocycles. The number of urea groups is 1. The van der Waals surface area contributed by atoms with E-state index in [1.54, 1.807) is 48.7 Å². The number of hydrogen-bond donors (Lipinski definition) is 3. The Morgan fingerprint density at radius 2 is 1.82 bits per heavy atom. The fourth-order valence-electron chi connectivity index (χ4n) is 4.20. The highest BCUT2D eigenvalue weighted by atomic mass is 16.2. The molecule has 1 aromatic heterocycles. The standard InChI is InChI=1S/C23H26N6O4/c1-15(30)26-16-7-9-17(10-8-16)27-20(31)14-28-19-6-4-12-25-21(19)22(32)29(23(28)33)13-18-5-2-3-11-24-18/h2-3,5,7-11,19,21,25H,4,6,12-14H2,1H3,(H,26,30)(H,27,31). The molecule has 2 fully saturated rings. The zero-order chi connectivity index (χ0) is 23.4. The Morgan fingerprint density at radius 1 is 1.09 bits per heavy atom. The molecular weight excluding hydrogens is 424 g/mol. The van der Waals surface area contributed by atoms with Gasteiger partial charge in [-0.25, -0.2) is 4.79 Å². The Morgan fingerprint density at radius 3 is 2.48 bits per heavy atom. The van der Waals surface area contributed by atoms with Crippen molar-refractivity contribution in [3.63, 3.8) is 0 Å². The van der Waals surface area contributed by atoms with E-state index in [1.807, 2.05) is 0 Å². The number of nitrogens with one attached hydrogen (secondary N) is 3. The molecule has 10 nitrogen and oxygen atoms in total. The van der Waals surface area contributed by atoms with Crippen molar-refractivity contribution in [3.05, 3.63) is 54.4 Å². The molecule has 2 aromatic rings. The van der Waals surface area contributed by atoms with Crippen molar-refractivity contribution in [1.29, 1.82) is 0 Å². The Labute approximate surface area is 191 Å². The maximum Gasteiger partial charge on any atom is 0.327 e. The lowest BCUT2D eigenvalue weighted by Gasteiger charge is -2.46. The van der Waals surface area contributed by atoms with E-state index in [4.69, 9.17) is 0 Å². The Kier molecular flexibility index (Phi) is 6.64. The second kappa shape index (κ2) is 9.78. The second-order valence-electron chi connectivity index (χ2n) is 8.10. The number of carbonyl (C=O) groups is 4. The minimum atomic E-state index is -0.551. The highest BCUT2D eigenvalue weighted by Gasteiger charge is 2.47. The molecule has 1 aromatic carbocycles. The monoisotopic (exact) mass is 450 g/mol. The molecule has 2 unspecified atom stereocenters. The number of pyridine rings is 1. The van der Waals surface area contributed by atoms with Gasteiger partial charge in [0.2, 0.25) is 17.7 Å². The molecule has 0 aliphatic carbocycles. The maximum absolute atomic E-state index is 13.3. The lowest BCUT2D eigenvalue weighted by Crippen LogP contribution is -2.70. The first-order valence-electron chi connectivity index (χ1n) is 10.8. The van der Waals surface area contributed by atoms with Crippen LogP contribution >= 0.6 is 0 Å². The van der Waals surface area contributed by atoms with E-state index in [0.717, 1.165) is 11.3 Å². The minimum absolute atomic E-state index is 0.0478. The predicted molar refractivity (Wildman–Crippen MR) is 121 cm³/mol. The van der Waals surface area contributed by atoms with Gasteiger partial charge in [-0.05, 0) is 55.8 Å². The van der Waals surface area contributed by atoms with Gasteiger partial charge in [0, 0.05) is 24.5 Å². The molecule has 2 atom stereocenters. The molecule has 0 radical (unpaired) electrons. The molecule has 3 heterocycles. The van der Waals surface area contributed by atoms with E-state index < -0.39 is 12.1 Å². The van der Waals surface area contributed by atoms with Gasteiger partial charge in [0.15, 0.2) is 0 Å². The largest absolute Gasteiger partial charge is 0.327 e. The van der Waals surface area contributed by atoms with Gasteiger partial charge < -0.3 is 20.9 Å². The number of piperidine rings is 1. The number of benzene rings is 1. The number of hydrogen-bond acceptors (Lipinski definition) is 6. The van der Waals surface area contributed by atoms with Crippen molar-refractivity contribution >= 4 is 35.1 Å². The summed E-state index contributed by atoms with van der Waals surface area (Å²) in [5.41, 5.74) is 1.75. The topological polar surface area (TPSA) is 124 Å². The van der Waals surface area contributed by atoms with E-state index in [2.05, 4.69) is 20.9 Å². The molecule has 3 N–H and O–H groups in total. The molecule has 172 valence electrons. The van der Waals surface area contributed by atoms with Gasteiger partial charge in [0.25, 0.3) is 0 Å². The molecule has 0 spiro atoms. The average Bonchev–Trinajstić information content (AvgIpc) is 2.81.